The molecule has 3 rings (SSSR count). The average Bonchev–Trinajstić information content (AvgIpc) is 3.10. The summed E-state index contributed by atoms with van der Waals surface area (Å²) in [6.45, 7) is 5.60. The number of benzene rings is 2. The van der Waals surface area contributed by atoms with Gasteiger partial charge in [0.05, 0.1) is 19.3 Å². The largest absolute Gasteiger partial charge is 0.508 e. The maximum absolute atomic E-state index is 10.1. The van der Waals surface area contributed by atoms with Crippen molar-refractivity contribution in [2.24, 2.45) is 5.92 Å². The first-order valence-corrected chi connectivity index (χ1v) is 10.6. The summed E-state index contributed by atoms with van der Waals surface area (Å²) >= 11 is 1.71. The fourth-order valence-corrected chi connectivity index (χ4v) is 3.90. The Balaban J connectivity index is 1.88. The van der Waals surface area contributed by atoms with Crippen LogP contribution in [-0.2, 0) is 13.1 Å². The van der Waals surface area contributed by atoms with Gasteiger partial charge in [-0.3, -0.25) is 9.47 Å². The van der Waals surface area contributed by atoms with Gasteiger partial charge in [-0.1, -0.05) is 49.9 Å². The lowest BCUT2D eigenvalue weighted by Gasteiger charge is -2.18. The standard InChI is InChI=1S/C22H28N4O2S/c1-16(2)15-29-22-24-23-21(26(22)18-9-7-10-19(12-18)28-4)14-25(3)13-17-8-5-6-11-20(17)27/h5-12,16,27H,13-15H2,1-4H3. The molecule has 0 saturated heterocycles. The molecular formula is C22H28N4O2S. The molecule has 29 heavy (non-hydrogen) atoms. The fraction of sp³-hybridized carbons (Fsp3) is 0.364. The highest BCUT2D eigenvalue weighted by Gasteiger charge is 2.17. The summed E-state index contributed by atoms with van der Waals surface area (Å²) in [5.74, 6) is 3.48. The monoisotopic (exact) mass is 412 g/mol. The van der Waals surface area contributed by atoms with Gasteiger partial charge in [0.2, 0.25) is 0 Å². The Morgan fingerprint density at radius 2 is 1.90 bits per heavy atom. The molecule has 0 atom stereocenters. The fourth-order valence-electron chi connectivity index (χ4n) is 2.98. The van der Waals surface area contributed by atoms with Crippen molar-refractivity contribution < 1.29 is 9.84 Å². The van der Waals surface area contributed by atoms with Crippen molar-refractivity contribution in [3.05, 3.63) is 59.9 Å². The minimum Gasteiger partial charge on any atom is -0.508 e. The van der Waals surface area contributed by atoms with E-state index in [1.807, 2.05) is 49.5 Å². The summed E-state index contributed by atoms with van der Waals surface area (Å²) in [6, 6.07) is 15.3. The number of phenolic OH excluding ortho intramolecular Hbond substituents is 1. The van der Waals surface area contributed by atoms with Crippen LogP contribution in [0.2, 0.25) is 0 Å². The third kappa shape index (κ3) is 5.52. The summed E-state index contributed by atoms with van der Waals surface area (Å²) in [6.07, 6.45) is 0. The number of para-hydroxylation sites is 1. The molecule has 7 heteroatoms. The van der Waals surface area contributed by atoms with Gasteiger partial charge in [-0.25, -0.2) is 0 Å². The second-order valence-electron chi connectivity index (χ2n) is 7.44. The number of nitrogens with zero attached hydrogens (tertiary/aromatic N) is 4. The van der Waals surface area contributed by atoms with E-state index < -0.39 is 0 Å². The van der Waals surface area contributed by atoms with Crippen LogP contribution in [0.4, 0.5) is 0 Å². The van der Waals surface area contributed by atoms with Gasteiger partial charge in [-0.15, -0.1) is 10.2 Å². The predicted octanol–water partition coefficient (Wildman–Crippen LogP) is 4.36. The van der Waals surface area contributed by atoms with Gasteiger partial charge in [-0.05, 0) is 31.2 Å². The molecule has 1 aromatic heterocycles. The number of rotatable bonds is 9. The molecule has 6 nitrogen and oxygen atoms in total. The molecule has 0 aliphatic heterocycles. The third-order valence-corrected chi connectivity index (χ3v) is 5.76. The molecule has 3 aromatic rings. The van der Waals surface area contributed by atoms with Crippen molar-refractivity contribution in [1.82, 2.24) is 19.7 Å². The Hall–Kier alpha value is -2.51. The van der Waals surface area contributed by atoms with Crippen LogP contribution in [-0.4, -0.2) is 44.7 Å². The molecule has 1 heterocycles. The Bertz CT molecular complexity index is 942. The van der Waals surface area contributed by atoms with Gasteiger partial charge >= 0.3 is 0 Å². The van der Waals surface area contributed by atoms with E-state index in [0.717, 1.165) is 33.7 Å². The summed E-state index contributed by atoms with van der Waals surface area (Å²) in [4.78, 5) is 2.12. The average molecular weight is 413 g/mol. The van der Waals surface area contributed by atoms with Crippen LogP contribution < -0.4 is 4.74 Å². The van der Waals surface area contributed by atoms with Crippen molar-refractivity contribution in [1.29, 1.82) is 0 Å². The molecule has 1 N–H and O–H groups in total. The first kappa shape index (κ1) is 21.2. The first-order valence-electron chi connectivity index (χ1n) is 9.65. The van der Waals surface area contributed by atoms with Gasteiger partial charge in [0.15, 0.2) is 11.0 Å². The van der Waals surface area contributed by atoms with Crippen LogP contribution >= 0.6 is 11.8 Å². The highest BCUT2D eigenvalue weighted by Crippen LogP contribution is 2.27. The molecule has 0 unspecified atom stereocenters. The normalized spacial score (nSPS) is 11.4. The minimum atomic E-state index is 0.307. The molecule has 154 valence electrons. The Labute approximate surface area is 176 Å². The molecule has 0 radical (unpaired) electrons. The zero-order chi connectivity index (χ0) is 20.8. The second-order valence-corrected chi connectivity index (χ2v) is 8.43. The molecule has 0 saturated carbocycles. The topological polar surface area (TPSA) is 63.4 Å². The van der Waals surface area contributed by atoms with E-state index in [0.29, 0.717) is 24.8 Å². The number of hydrogen-bond donors (Lipinski definition) is 1. The van der Waals surface area contributed by atoms with Crippen LogP contribution in [0.3, 0.4) is 0 Å². The van der Waals surface area contributed by atoms with Crippen molar-refractivity contribution in [2.45, 2.75) is 32.1 Å². The maximum atomic E-state index is 10.1. The highest BCUT2D eigenvalue weighted by atomic mass is 32.2. The molecule has 0 aliphatic carbocycles. The summed E-state index contributed by atoms with van der Waals surface area (Å²) in [5.41, 5.74) is 1.86. The van der Waals surface area contributed by atoms with E-state index in [1.165, 1.54) is 0 Å². The van der Waals surface area contributed by atoms with Crippen LogP contribution in [0, 0.1) is 5.92 Å². The van der Waals surface area contributed by atoms with Gasteiger partial charge in [0.1, 0.15) is 11.5 Å². The van der Waals surface area contributed by atoms with Crippen LogP contribution in [0.25, 0.3) is 5.69 Å². The zero-order valence-corrected chi connectivity index (χ0v) is 18.2. The summed E-state index contributed by atoms with van der Waals surface area (Å²) in [5, 5.41) is 19.9. The number of thioether (sulfide) groups is 1. The van der Waals surface area contributed by atoms with E-state index in [2.05, 4.69) is 33.5 Å². The van der Waals surface area contributed by atoms with Crippen molar-refractivity contribution in [2.75, 3.05) is 19.9 Å². The lowest BCUT2D eigenvalue weighted by Crippen LogP contribution is -2.20. The van der Waals surface area contributed by atoms with E-state index >= 15 is 0 Å². The van der Waals surface area contributed by atoms with Gasteiger partial charge in [0.25, 0.3) is 0 Å². The Morgan fingerprint density at radius 3 is 2.62 bits per heavy atom. The third-order valence-electron chi connectivity index (χ3n) is 4.40. The predicted molar refractivity (Wildman–Crippen MR) is 117 cm³/mol. The molecule has 2 aromatic carbocycles. The van der Waals surface area contributed by atoms with Gasteiger partial charge < -0.3 is 9.84 Å². The summed E-state index contributed by atoms with van der Waals surface area (Å²) < 4.78 is 7.50. The van der Waals surface area contributed by atoms with Crippen LogP contribution in [0.15, 0.2) is 53.7 Å². The molecule has 0 amide bonds. The molecule has 0 spiro atoms. The van der Waals surface area contributed by atoms with Crippen LogP contribution in [0.1, 0.15) is 25.2 Å². The van der Waals surface area contributed by atoms with E-state index in [9.17, 15) is 5.11 Å². The molecular weight excluding hydrogens is 384 g/mol. The SMILES string of the molecule is COc1cccc(-n2c(CN(C)Cc3ccccc3O)nnc2SCC(C)C)c1. The number of methoxy groups -OCH3 is 1. The maximum Gasteiger partial charge on any atom is 0.195 e. The number of phenols is 1. The number of aromatic hydroxyl groups is 1. The first-order chi connectivity index (χ1) is 14.0. The molecule has 0 fully saturated rings. The smallest absolute Gasteiger partial charge is 0.195 e. The van der Waals surface area contributed by atoms with E-state index in [-0.39, 0.29) is 0 Å². The number of ether oxygens (including phenoxy) is 1. The van der Waals surface area contributed by atoms with Crippen LogP contribution in [0.5, 0.6) is 11.5 Å². The van der Waals surface area contributed by atoms with Gasteiger partial charge in [0, 0.05) is 23.9 Å². The van der Waals surface area contributed by atoms with E-state index in [4.69, 9.17) is 4.74 Å². The van der Waals surface area contributed by atoms with Crippen molar-refractivity contribution >= 4 is 11.8 Å². The number of hydrogen-bond acceptors (Lipinski definition) is 6. The minimum absolute atomic E-state index is 0.307. The van der Waals surface area contributed by atoms with Crippen molar-refractivity contribution in [3.63, 3.8) is 0 Å². The lowest BCUT2D eigenvalue weighted by atomic mass is 10.2. The quantitative estimate of drug-likeness (QED) is 0.527. The Kier molecular flexibility index (Phi) is 7.17. The highest BCUT2D eigenvalue weighted by molar-refractivity contribution is 7.99. The second kappa shape index (κ2) is 9.80. The Morgan fingerprint density at radius 1 is 1.10 bits per heavy atom. The number of aromatic nitrogens is 3. The molecule has 0 aliphatic rings. The zero-order valence-electron chi connectivity index (χ0n) is 17.4. The van der Waals surface area contributed by atoms with Crippen molar-refractivity contribution in [3.8, 4) is 17.2 Å². The lowest BCUT2D eigenvalue weighted by molar-refractivity contribution is 0.302. The molecule has 0 bridgehead atoms. The van der Waals surface area contributed by atoms with Gasteiger partial charge in [-0.2, -0.15) is 0 Å². The van der Waals surface area contributed by atoms with E-state index in [1.54, 1.807) is 24.9 Å². The summed E-state index contributed by atoms with van der Waals surface area (Å²) in [7, 11) is 3.68.